The van der Waals surface area contributed by atoms with E-state index in [4.69, 9.17) is 28.9 Å². The van der Waals surface area contributed by atoms with E-state index in [0.717, 1.165) is 6.42 Å². The molecule has 0 radical (unpaired) electrons. The lowest BCUT2D eigenvalue weighted by Gasteiger charge is -2.12. The van der Waals surface area contributed by atoms with E-state index in [9.17, 15) is 5.11 Å². The molecule has 1 aromatic carbocycles. The fourth-order valence-electron chi connectivity index (χ4n) is 1.20. The minimum absolute atomic E-state index is 0.0135. The van der Waals surface area contributed by atoms with Crippen molar-refractivity contribution in [2.24, 2.45) is 5.73 Å². The average Bonchev–Trinajstić information content (AvgIpc) is 2.10. The maximum atomic E-state index is 9.59. The molecule has 0 aliphatic rings. The van der Waals surface area contributed by atoms with E-state index in [1.54, 1.807) is 6.07 Å². The summed E-state index contributed by atoms with van der Waals surface area (Å²) >= 11 is 11.7. The largest absolute Gasteiger partial charge is 0.508 e. The van der Waals surface area contributed by atoms with Crippen LogP contribution in [0, 0.1) is 0 Å². The Balaban J connectivity index is 2.96. The number of nitrogens with two attached hydrogens (primary N) is 1. The van der Waals surface area contributed by atoms with Gasteiger partial charge in [-0.1, -0.05) is 30.1 Å². The highest BCUT2D eigenvalue weighted by Crippen LogP contribution is 2.30. The van der Waals surface area contributed by atoms with Gasteiger partial charge in [0.25, 0.3) is 0 Å². The zero-order valence-corrected chi connectivity index (χ0v) is 9.44. The highest BCUT2D eigenvalue weighted by atomic mass is 35.5. The molecular weight excluding hydrogens is 221 g/mol. The quantitative estimate of drug-likeness (QED) is 0.844. The van der Waals surface area contributed by atoms with Crippen LogP contribution in [0.15, 0.2) is 12.1 Å². The standard InChI is InChI=1S/C10H13Cl2NO/c1-2-7(13)5-8-9(12)3-6(11)4-10(8)14/h3-4,7,14H,2,5,13H2,1H3. The molecule has 0 saturated carbocycles. The minimum atomic E-state index is 0.0135. The Morgan fingerprint density at radius 3 is 2.57 bits per heavy atom. The molecule has 0 bridgehead atoms. The summed E-state index contributed by atoms with van der Waals surface area (Å²) in [6, 6.07) is 3.10. The predicted molar refractivity (Wildman–Crippen MR) is 60.1 cm³/mol. The first-order valence-electron chi connectivity index (χ1n) is 4.47. The number of phenols is 1. The number of hydrogen-bond donors (Lipinski definition) is 2. The van der Waals surface area contributed by atoms with Crippen molar-refractivity contribution < 1.29 is 5.11 Å². The molecule has 0 heterocycles. The maximum Gasteiger partial charge on any atom is 0.121 e. The van der Waals surface area contributed by atoms with Crippen LogP contribution in [0.5, 0.6) is 5.75 Å². The Bertz CT molecular complexity index is 305. The van der Waals surface area contributed by atoms with Crippen LogP contribution in [0.4, 0.5) is 0 Å². The third kappa shape index (κ3) is 2.77. The molecule has 0 aliphatic carbocycles. The lowest BCUT2D eigenvalue weighted by atomic mass is 10.0. The minimum Gasteiger partial charge on any atom is -0.508 e. The van der Waals surface area contributed by atoms with E-state index in [1.807, 2.05) is 6.92 Å². The summed E-state index contributed by atoms with van der Waals surface area (Å²) in [5, 5.41) is 10.5. The van der Waals surface area contributed by atoms with Gasteiger partial charge < -0.3 is 10.8 Å². The third-order valence-electron chi connectivity index (χ3n) is 2.13. The molecule has 14 heavy (non-hydrogen) atoms. The molecule has 1 atom stereocenters. The van der Waals surface area contributed by atoms with Gasteiger partial charge in [-0.25, -0.2) is 0 Å². The number of rotatable bonds is 3. The maximum absolute atomic E-state index is 9.59. The van der Waals surface area contributed by atoms with Crippen molar-refractivity contribution in [1.29, 1.82) is 0 Å². The monoisotopic (exact) mass is 233 g/mol. The van der Waals surface area contributed by atoms with Crippen molar-refractivity contribution in [3.8, 4) is 5.75 Å². The van der Waals surface area contributed by atoms with E-state index in [0.29, 0.717) is 22.0 Å². The Hall–Kier alpha value is -0.440. The molecular formula is C10H13Cl2NO. The van der Waals surface area contributed by atoms with E-state index in [-0.39, 0.29) is 11.8 Å². The Kier molecular flexibility index (Phi) is 4.05. The predicted octanol–water partition coefficient (Wildman–Crippen LogP) is 2.98. The first-order valence-corrected chi connectivity index (χ1v) is 5.22. The first kappa shape index (κ1) is 11.6. The molecule has 0 spiro atoms. The molecule has 3 N–H and O–H groups in total. The van der Waals surface area contributed by atoms with Crippen LogP contribution in [-0.2, 0) is 6.42 Å². The topological polar surface area (TPSA) is 46.2 Å². The van der Waals surface area contributed by atoms with Gasteiger partial charge in [-0.2, -0.15) is 0 Å². The molecule has 0 amide bonds. The van der Waals surface area contributed by atoms with E-state index >= 15 is 0 Å². The van der Waals surface area contributed by atoms with Gasteiger partial charge in [0.15, 0.2) is 0 Å². The number of aromatic hydroxyl groups is 1. The van der Waals surface area contributed by atoms with Crippen molar-refractivity contribution in [2.45, 2.75) is 25.8 Å². The van der Waals surface area contributed by atoms with Crippen LogP contribution in [0.3, 0.4) is 0 Å². The molecule has 1 unspecified atom stereocenters. The summed E-state index contributed by atoms with van der Waals surface area (Å²) in [7, 11) is 0. The van der Waals surface area contributed by atoms with Gasteiger partial charge in [-0.05, 0) is 25.0 Å². The molecule has 0 aliphatic heterocycles. The summed E-state index contributed by atoms with van der Waals surface area (Å²) in [5.41, 5.74) is 6.45. The summed E-state index contributed by atoms with van der Waals surface area (Å²) in [6.07, 6.45) is 1.41. The number of halogens is 2. The van der Waals surface area contributed by atoms with Gasteiger partial charge >= 0.3 is 0 Å². The SMILES string of the molecule is CCC(N)Cc1c(O)cc(Cl)cc1Cl. The van der Waals surface area contributed by atoms with Crippen LogP contribution in [0.2, 0.25) is 10.0 Å². The number of phenolic OH excluding ortho intramolecular Hbond substituents is 1. The summed E-state index contributed by atoms with van der Waals surface area (Å²) < 4.78 is 0. The number of hydrogen-bond acceptors (Lipinski definition) is 2. The summed E-state index contributed by atoms with van der Waals surface area (Å²) in [4.78, 5) is 0. The highest BCUT2D eigenvalue weighted by molar-refractivity contribution is 6.35. The smallest absolute Gasteiger partial charge is 0.121 e. The number of benzene rings is 1. The molecule has 78 valence electrons. The molecule has 0 aromatic heterocycles. The van der Waals surface area contributed by atoms with Gasteiger partial charge in [0.05, 0.1) is 0 Å². The lowest BCUT2D eigenvalue weighted by Crippen LogP contribution is -2.21. The summed E-state index contributed by atoms with van der Waals surface area (Å²) in [5.74, 6) is 0.117. The highest BCUT2D eigenvalue weighted by Gasteiger charge is 2.11. The van der Waals surface area contributed by atoms with Gasteiger partial charge in [-0.3, -0.25) is 0 Å². The van der Waals surface area contributed by atoms with Gasteiger partial charge in [0.1, 0.15) is 5.75 Å². The Morgan fingerprint density at radius 2 is 2.07 bits per heavy atom. The van der Waals surface area contributed by atoms with Gasteiger partial charge in [0, 0.05) is 21.7 Å². The molecule has 1 aromatic rings. The van der Waals surface area contributed by atoms with Crippen molar-refractivity contribution in [1.82, 2.24) is 0 Å². The molecule has 2 nitrogen and oxygen atoms in total. The van der Waals surface area contributed by atoms with Crippen LogP contribution in [0.1, 0.15) is 18.9 Å². The van der Waals surface area contributed by atoms with Gasteiger partial charge in [0.2, 0.25) is 0 Å². The second kappa shape index (κ2) is 4.87. The van der Waals surface area contributed by atoms with Crippen LogP contribution >= 0.6 is 23.2 Å². The second-order valence-electron chi connectivity index (χ2n) is 3.26. The zero-order valence-electron chi connectivity index (χ0n) is 7.93. The average molecular weight is 234 g/mol. The fraction of sp³-hybridized carbons (Fsp3) is 0.400. The van der Waals surface area contributed by atoms with Crippen molar-refractivity contribution >= 4 is 23.2 Å². The van der Waals surface area contributed by atoms with E-state index in [2.05, 4.69) is 0 Å². The Labute approximate surface area is 93.6 Å². The molecule has 4 heteroatoms. The van der Waals surface area contributed by atoms with Crippen LogP contribution < -0.4 is 5.73 Å². The van der Waals surface area contributed by atoms with Crippen LogP contribution in [-0.4, -0.2) is 11.1 Å². The van der Waals surface area contributed by atoms with Crippen molar-refractivity contribution in [2.75, 3.05) is 0 Å². The van der Waals surface area contributed by atoms with Crippen molar-refractivity contribution in [3.05, 3.63) is 27.7 Å². The van der Waals surface area contributed by atoms with E-state index < -0.39 is 0 Å². The lowest BCUT2D eigenvalue weighted by molar-refractivity contribution is 0.464. The fourth-order valence-corrected chi connectivity index (χ4v) is 1.76. The Morgan fingerprint density at radius 1 is 1.43 bits per heavy atom. The summed E-state index contributed by atoms with van der Waals surface area (Å²) in [6.45, 7) is 1.99. The first-order chi connectivity index (χ1) is 6.54. The zero-order chi connectivity index (χ0) is 10.7. The van der Waals surface area contributed by atoms with Crippen molar-refractivity contribution in [3.63, 3.8) is 0 Å². The molecule has 1 rings (SSSR count). The normalized spacial score (nSPS) is 12.9. The van der Waals surface area contributed by atoms with Crippen LogP contribution in [0.25, 0.3) is 0 Å². The molecule has 0 saturated heterocycles. The third-order valence-corrected chi connectivity index (χ3v) is 2.68. The molecule has 0 fully saturated rings. The van der Waals surface area contributed by atoms with E-state index in [1.165, 1.54) is 6.07 Å². The van der Waals surface area contributed by atoms with Gasteiger partial charge in [-0.15, -0.1) is 0 Å². The second-order valence-corrected chi connectivity index (χ2v) is 4.10.